The van der Waals surface area contributed by atoms with Crippen molar-refractivity contribution >= 4 is 17.8 Å². The highest BCUT2D eigenvalue weighted by Crippen LogP contribution is 2.26. The number of hydrogen-bond donors (Lipinski definition) is 1. The van der Waals surface area contributed by atoms with E-state index in [1.54, 1.807) is 42.1 Å². The van der Waals surface area contributed by atoms with Crippen molar-refractivity contribution in [1.82, 2.24) is 14.5 Å². The summed E-state index contributed by atoms with van der Waals surface area (Å²) in [5.74, 6) is -0.234. The molecule has 0 saturated carbocycles. The van der Waals surface area contributed by atoms with E-state index in [1.165, 1.54) is 31.3 Å². The van der Waals surface area contributed by atoms with Crippen LogP contribution in [0.15, 0.2) is 54.7 Å². The number of imidazole rings is 1. The number of rotatable bonds is 11. The maximum atomic E-state index is 13.5. The molecule has 0 bridgehead atoms. The normalized spacial score (nSPS) is 10.7. The summed E-state index contributed by atoms with van der Waals surface area (Å²) in [5.41, 5.74) is 2.00. The predicted molar refractivity (Wildman–Crippen MR) is 124 cm³/mol. The van der Waals surface area contributed by atoms with Crippen LogP contribution in [-0.2, 0) is 19.1 Å². The minimum Gasteiger partial charge on any atom is -0.497 e. The monoisotopic (exact) mass is 470 g/mol. The zero-order valence-corrected chi connectivity index (χ0v) is 19.3. The Balaban J connectivity index is 1.88. The molecule has 2 aromatic carbocycles. The zero-order chi connectivity index (χ0) is 24.5. The first-order valence-electron chi connectivity index (χ1n) is 10.5. The van der Waals surface area contributed by atoms with E-state index in [4.69, 9.17) is 14.2 Å². The molecule has 0 spiro atoms. The first-order chi connectivity index (χ1) is 16.4. The molecule has 0 atom stereocenters. The van der Waals surface area contributed by atoms with Crippen LogP contribution in [0.4, 0.5) is 10.3 Å². The highest BCUT2D eigenvalue weighted by atomic mass is 19.1. The number of benzene rings is 2. The van der Waals surface area contributed by atoms with Gasteiger partial charge in [0.2, 0.25) is 17.8 Å². The molecule has 0 saturated heterocycles. The van der Waals surface area contributed by atoms with Crippen molar-refractivity contribution in [3.8, 4) is 22.7 Å². The highest BCUT2D eigenvalue weighted by Gasteiger charge is 2.19. The van der Waals surface area contributed by atoms with Gasteiger partial charge in [-0.2, -0.15) is 0 Å². The molecule has 10 heteroatoms. The predicted octanol–water partition coefficient (Wildman–Crippen LogP) is 2.75. The molecule has 2 amide bonds. The molecule has 1 N–H and O–H groups in total. The number of carbonyl (C=O) groups is 2. The second kappa shape index (κ2) is 11.9. The third kappa shape index (κ3) is 6.40. The Labute approximate surface area is 197 Å². The van der Waals surface area contributed by atoms with E-state index in [1.807, 2.05) is 12.1 Å². The van der Waals surface area contributed by atoms with E-state index in [2.05, 4.69) is 10.3 Å². The van der Waals surface area contributed by atoms with E-state index in [9.17, 15) is 14.0 Å². The second-order valence-corrected chi connectivity index (χ2v) is 7.31. The smallest absolute Gasteiger partial charge is 0.249 e. The maximum Gasteiger partial charge on any atom is 0.249 e. The first kappa shape index (κ1) is 24.9. The second-order valence-electron chi connectivity index (χ2n) is 7.31. The van der Waals surface area contributed by atoms with Gasteiger partial charge in [0.15, 0.2) is 0 Å². The SMILES string of the molecule is COCCN(CC(=O)Nc1nc(-c2ccc(OC)cc2)cn1-c1ccc(F)cc1)C(=O)COC. The average molecular weight is 471 g/mol. The van der Waals surface area contributed by atoms with Gasteiger partial charge >= 0.3 is 0 Å². The summed E-state index contributed by atoms with van der Waals surface area (Å²) in [6.07, 6.45) is 1.74. The molecule has 0 unspecified atom stereocenters. The molecule has 0 aliphatic rings. The molecular formula is C24H27FN4O5. The topological polar surface area (TPSA) is 94.9 Å². The quantitative estimate of drug-likeness (QED) is 0.463. The molecule has 0 aliphatic carbocycles. The van der Waals surface area contributed by atoms with Gasteiger partial charge in [0.05, 0.1) is 19.4 Å². The molecular weight excluding hydrogens is 443 g/mol. The Bertz CT molecular complexity index is 1100. The van der Waals surface area contributed by atoms with Crippen LogP contribution in [-0.4, -0.2) is 73.9 Å². The van der Waals surface area contributed by atoms with Crippen LogP contribution < -0.4 is 10.1 Å². The molecule has 3 aromatic rings. The Kier molecular flexibility index (Phi) is 8.72. The third-order valence-corrected chi connectivity index (χ3v) is 4.97. The van der Waals surface area contributed by atoms with Crippen LogP contribution in [0, 0.1) is 5.82 Å². The van der Waals surface area contributed by atoms with Gasteiger partial charge < -0.3 is 19.1 Å². The number of anilines is 1. The molecule has 1 aromatic heterocycles. The zero-order valence-electron chi connectivity index (χ0n) is 19.3. The molecule has 0 aliphatic heterocycles. The summed E-state index contributed by atoms with van der Waals surface area (Å²) < 4.78 is 30.3. The molecule has 180 valence electrons. The Morgan fingerprint density at radius 3 is 2.35 bits per heavy atom. The van der Waals surface area contributed by atoms with E-state index < -0.39 is 5.91 Å². The highest BCUT2D eigenvalue weighted by molar-refractivity contribution is 5.94. The van der Waals surface area contributed by atoms with Crippen LogP contribution in [0.2, 0.25) is 0 Å². The number of amides is 2. The molecule has 3 rings (SSSR count). The van der Waals surface area contributed by atoms with E-state index >= 15 is 0 Å². The summed E-state index contributed by atoms with van der Waals surface area (Å²) in [7, 11) is 4.51. The third-order valence-electron chi connectivity index (χ3n) is 4.97. The van der Waals surface area contributed by atoms with E-state index in [0.29, 0.717) is 17.1 Å². The molecule has 0 fully saturated rings. The first-order valence-corrected chi connectivity index (χ1v) is 10.5. The summed E-state index contributed by atoms with van der Waals surface area (Å²) in [4.78, 5) is 31.1. The summed E-state index contributed by atoms with van der Waals surface area (Å²) in [6.45, 7) is 0.146. The van der Waals surface area contributed by atoms with Crippen molar-refractivity contribution in [3.05, 3.63) is 60.5 Å². The summed E-state index contributed by atoms with van der Waals surface area (Å²) in [5, 5.41) is 2.76. The number of ether oxygens (including phenoxy) is 3. The van der Waals surface area contributed by atoms with Crippen LogP contribution in [0.3, 0.4) is 0 Å². The number of halogens is 1. The van der Waals surface area contributed by atoms with Gasteiger partial charge in [0, 0.05) is 38.2 Å². The van der Waals surface area contributed by atoms with Crippen LogP contribution in [0.5, 0.6) is 5.75 Å². The summed E-state index contributed by atoms with van der Waals surface area (Å²) >= 11 is 0. The number of hydrogen-bond acceptors (Lipinski definition) is 6. The maximum absolute atomic E-state index is 13.5. The number of nitrogens with zero attached hydrogens (tertiary/aromatic N) is 3. The van der Waals surface area contributed by atoms with Gasteiger partial charge in [0.25, 0.3) is 0 Å². The van der Waals surface area contributed by atoms with Crippen molar-refractivity contribution in [3.63, 3.8) is 0 Å². The van der Waals surface area contributed by atoms with Crippen molar-refractivity contribution in [2.45, 2.75) is 0 Å². The van der Waals surface area contributed by atoms with Crippen molar-refractivity contribution in [2.75, 3.05) is 52.9 Å². The number of aromatic nitrogens is 2. The van der Waals surface area contributed by atoms with Crippen LogP contribution >= 0.6 is 0 Å². The fourth-order valence-corrected chi connectivity index (χ4v) is 3.21. The minimum absolute atomic E-state index is 0.150. The number of methoxy groups -OCH3 is 3. The molecule has 0 radical (unpaired) electrons. The Hall–Kier alpha value is -3.76. The number of carbonyl (C=O) groups excluding carboxylic acids is 2. The van der Waals surface area contributed by atoms with Gasteiger partial charge in [-0.3, -0.25) is 19.5 Å². The lowest BCUT2D eigenvalue weighted by molar-refractivity contribution is -0.138. The lowest BCUT2D eigenvalue weighted by Crippen LogP contribution is -2.41. The van der Waals surface area contributed by atoms with Crippen molar-refractivity contribution < 1.29 is 28.2 Å². The molecule has 1 heterocycles. The fourth-order valence-electron chi connectivity index (χ4n) is 3.21. The Morgan fingerprint density at radius 1 is 1.03 bits per heavy atom. The van der Waals surface area contributed by atoms with Gasteiger partial charge in [-0.05, 0) is 48.5 Å². The van der Waals surface area contributed by atoms with Crippen LogP contribution in [0.25, 0.3) is 16.9 Å². The van der Waals surface area contributed by atoms with Gasteiger partial charge in [-0.15, -0.1) is 0 Å². The van der Waals surface area contributed by atoms with Crippen molar-refractivity contribution in [1.29, 1.82) is 0 Å². The van der Waals surface area contributed by atoms with Gasteiger partial charge in [0.1, 0.15) is 24.7 Å². The number of nitrogens with one attached hydrogen (secondary N) is 1. The fraction of sp³-hybridized carbons (Fsp3) is 0.292. The lowest BCUT2D eigenvalue weighted by Gasteiger charge is -2.21. The average Bonchev–Trinajstić information content (AvgIpc) is 3.25. The lowest BCUT2D eigenvalue weighted by atomic mass is 10.1. The van der Waals surface area contributed by atoms with Gasteiger partial charge in [-0.25, -0.2) is 9.37 Å². The summed E-state index contributed by atoms with van der Waals surface area (Å²) in [6, 6.07) is 13.1. The van der Waals surface area contributed by atoms with Crippen molar-refractivity contribution in [2.24, 2.45) is 0 Å². The minimum atomic E-state index is -0.448. The Morgan fingerprint density at radius 2 is 1.74 bits per heavy atom. The largest absolute Gasteiger partial charge is 0.497 e. The van der Waals surface area contributed by atoms with E-state index in [0.717, 1.165) is 5.56 Å². The van der Waals surface area contributed by atoms with Crippen LogP contribution in [0.1, 0.15) is 0 Å². The van der Waals surface area contributed by atoms with E-state index in [-0.39, 0.29) is 44.0 Å². The molecule has 34 heavy (non-hydrogen) atoms. The standard InChI is InChI=1S/C24H27FN4O5/c1-32-13-12-28(23(31)16-33-2)15-22(30)27-24-26-21(17-4-10-20(34-3)11-5-17)14-29(24)19-8-6-18(25)7-9-19/h4-11,14H,12-13,15-16H2,1-3H3,(H,26,27,30). The molecule has 9 nitrogen and oxygen atoms in total. The van der Waals surface area contributed by atoms with Gasteiger partial charge in [-0.1, -0.05) is 0 Å².